The highest BCUT2D eigenvalue weighted by molar-refractivity contribution is 5.96. The van der Waals surface area contributed by atoms with E-state index in [1.807, 2.05) is 32.9 Å². The molecule has 4 heteroatoms. The van der Waals surface area contributed by atoms with E-state index in [4.69, 9.17) is 14.2 Å². The van der Waals surface area contributed by atoms with Crippen LogP contribution in [0.25, 0.3) is 0 Å². The number of carbonyl (C=O) groups is 1. The average Bonchev–Trinajstić information content (AvgIpc) is 2.49. The van der Waals surface area contributed by atoms with Gasteiger partial charge in [0, 0.05) is 13.0 Å². The Morgan fingerprint density at radius 2 is 1.91 bits per heavy atom. The van der Waals surface area contributed by atoms with Crippen molar-refractivity contribution in [2.24, 2.45) is 5.92 Å². The molecule has 4 nitrogen and oxygen atoms in total. The van der Waals surface area contributed by atoms with Crippen LogP contribution in [0, 0.1) is 19.8 Å². The van der Waals surface area contributed by atoms with Gasteiger partial charge in [0.1, 0.15) is 18.1 Å². The fourth-order valence-corrected chi connectivity index (χ4v) is 3.51. The first kappa shape index (κ1) is 16.1. The molecule has 1 aliphatic carbocycles. The van der Waals surface area contributed by atoms with Crippen molar-refractivity contribution >= 4 is 5.78 Å². The number of aryl methyl sites for hydroxylation is 2. The number of rotatable bonds is 4. The van der Waals surface area contributed by atoms with Crippen LogP contribution in [0.5, 0.6) is 5.75 Å². The fraction of sp³-hybridized carbons (Fsp3) is 0.526. The van der Waals surface area contributed by atoms with E-state index in [0.29, 0.717) is 18.1 Å². The molecule has 3 rings (SSSR count). The summed E-state index contributed by atoms with van der Waals surface area (Å²) in [6.45, 7) is 6.72. The minimum atomic E-state index is -0.113. The van der Waals surface area contributed by atoms with Gasteiger partial charge in [-0.1, -0.05) is 6.07 Å². The molecule has 1 heterocycles. The lowest BCUT2D eigenvalue weighted by molar-refractivity contribution is -0.133. The maximum Gasteiger partial charge on any atom is 0.207 e. The van der Waals surface area contributed by atoms with Gasteiger partial charge in [-0.3, -0.25) is 4.79 Å². The van der Waals surface area contributed by atoms with Crippen LogP contribution in [0.15, 0.2) is 30.2 Å². The van der Waals surface area contributed by atoms with Crippen molar-refractivity contribution < 1.29 is 19.0 Å². The van der Waals surface area contributed by atoms with Gasteiger partial charge in [-0.05, 0) is 56.9 Å². The summed E-state index contributed by atoms with van der Waals surface area (Å²) in [5, 5.41) is 0. The largest absolute Gasteiger partial charge is 0.493 e. The van der Waals surface area contributed by atoms with E-state index >= 15 is 0 Å². The zero-order valence-corrected chi connectivity index (χ0v) is 14.0. The highest BCUT2D eigenvalue weighted by Gasteiger charge is 2.41. The molecular weight excluding hydrogens is 292 g/mol. The molecule has 0 bridgehead atoms. The summed E-state index contributed by atoms with van der Waals surface area (Å²) in [4.78, 5) is 12.7. The van der Waals surface area contributed by atoms with Gasteiger partial charge in [0.05, 0.1) is 12.0 Å². The standard InChI is InChI=1S/C19H24O4/c1-4-21-14-5-6-16-17(10-14)22-11-18(19(16)20)23-15-8-12(2)7-13(3)9-15/h7-9,11,14,16-17H,4-6,10H2,1-3H3. The number of ketones is 1. The predicted molar refractivity (Wildman–Crippen MR) is 87.3 cm³/mol. The fourth-order valence-electron chi connectivity index (χ4n) is 3.51. The van der Waals surface area contributed by atoms with Crippen LogP contribution in [-0.4, -0.2) is 24.6 Å². The molecule has 0 aromatic heterocycles. The first-order valence-electron chi connectivity index (χ1n) is 8.34. The Morgan fingerprint density at radius 3 is 2.61 bits per heavy atom. The van der Waals surface area contributed by atoms with Gasteiger partial charge < -0.3 is 14.2 Å². The Labute approximate surface area is 137 Å². The number of carbonyl (C=O) groups excluding carboxylic acids is 1. The van der Waals surface area contributed by atoms with Crippen LogP contribution in [0.1, 0.15) is 37.3 Å². The van der Waals surface area contributed by atoms with Crippen LogP contribution < -0.4 is 4.74 Å². The molecule has 23 heavy (non-hydrogen) atoms. The topological polar surface area (TPSA) is 44.8 Å². The number of hydrogen-bond acceptors (Lipinski definition) is 4. The van der Waals surface area contributed by atoms with Crippen LogP contribution in [0.3, 0.4) is 0 Å². The monoisotopic (exact) mass is 316 g/mol. The molecule has 3 unspecified atom stereocenters. The van der Waals surface area contributed by atoms with E-state index in [1.165, 1.54) is 6.26 Å². The van der Waals surface area contributed by atoms with Crippen molar-refractivity contribution in [1.82, 2.24) is 0 Å². The maximum absolute atomic E-state index is 12.7. The second kappa shape index (κ2) is 6.75. The molecule has 124 valence electrons. The Hall–Kier alpha value is -1.81. The zero-order valence-electron chi connectivity index (χ0n) is 14.0. The Balaban J connectivity index is 1.71. The van der Waals surface area contributed by atoms with E-state index < -0.39 is 0 Å². The molecule has 1 aromatic rings. The van der Waals surface area contributed by atoms with Crippen molar-refractivity contribution in [2.45, 2.75) is 52.2 Å². The summed E-state index contributed by atoms with van der Waals surface area (Å²) < 4.78 is 17.3. The average molecular weight is 316 g/mol. The lowest BCUT2D eigenvalue weighted by atomic mass is 9.80. The summed E-state index contributed by atoms with van der Waals surface area (Å²) in [5.74, 6) is 0.936. The van der Waals surface area contributed by atoms with E-state index in [1.54, 1.807) is 0 Å². The van der Waals surface area contributed by atoms with Crippen LogP contribution in [0.2, 0.25) is 0 Å². The van der Waals surface area contributed by atoms with Crippen LogP contribution in [-0.2, 0) is 14.3 Å². The van der Waals surface area contributed by atoms with Crippen LogP contribution >= 0.6 is 0 Å². The van der Waals surface area contributed by atoms with Gasteiger partial charge in [0.2, 0.25) is 11.5 Å². The van der Waals surface area contributed by atoms with Crippen molar-refractivity contribution in [2.75, 3.05) is 6.61 Å². The summed E-state index contributed by atoms with van der Waals surface area (Å²) in [5.41, 5.74) is 2.22. The first-order chi connectivity index (χ1) is 11.1. The third-order valence-electron chi connectivity index (χ3n) is 4.50. The number of Topliss-reactive ketones (excluding diaryl/α,β-unsaturated/α-hetero) is 1. The third kappa shape index (κ3) is 3.58. The molecule has 0 radical (unpaired) electrons. The molecule has 3 atom stereocenters. The van der Waals surface area contributed by atoms with Gasteiger partial charge >= 0.3 is 0 Å². The predicted octanol–water partition coefficient (Wildman–Crippen LogP) is 3.70. The SMILES string of the molecule is CCOC1CCC2C(=O)C(Oc3cc(C)cc(C)c3)=COC2C1. The van der Waals surface area contributed by atoms with E-state index in [-0.39, 0.29) is 23.9 Å². The van der Waals surface area contributed by atoms with E-state index in [2.05, 4.69) is 6.07 Å². The van der Waals surface area contributed by atoms with Crippen molar-refractivity contribution in [3.05, 3.63) is 41.3 Å². The summed E-state index contributed by atoms with van der Waals surface area (Å²) in [6.07, 6.45) is 4.07. The Bertz CT molecular complexity index is 600. The van der Waals surface area contributed by atoms with Crippen molar-refractivity contribution in [3.8, 4) is 5.75 Å². The number of allylic oxidation sites excluding steroid dienone is 1. The zero-order chi connectivity index (χ0) is 16.4. The highest BCUT2D eigenvalue weighted by Crippen LogP contribution is 2.35. The van der Waals surface area contributed by atoms with Crippen LogP contribution in [0.4, 0.5) is 0 Å². The number of benzene rings is 1. The number of hydrogen-bond donors (Lipinski definition) is 0. The smallest absolute Gasteiger partial charge is 0.207 e. The molecule has 2 aliphatic rings. The Morgan fingerprint density at radius 1 is 1.17 bits per heavy atom. The first-order valence-corrected chi connectivity index (χ1v) is 8.34. The molecule has 0 N–H and O–H groups in total. The second-order valence-corrected chi connectivity index (χ2v) is 6.44. The van der Waals surface area contributed by atoms with Gasteiger partial charge in [0.25, 0.3) is 0 Å². The lowest BCUT2D eigenvalue weighted by Crippen LogP contribution is -2.42. The second-order valence-electron chi connectivity index (χ2n) is 6.44. The quantitative estimate of drug-likeness (QED) is 0.849. The minimum absolute atomic E-state index is 0.0513. The summed E-state index contributed by atoms with van der Waals surface area (Å²) >= 11 is 0. The maximum atomic E-state index is 12.7. The van der Waals surface area contributed by atoms with E-state index in [0.717, 1.165) is 30.4 Å². The third-order valence-corrected chi connectivity index (χ3v) is 4.50. The molecule has 0 saturated heterocycles. The minimum Gasteiger partial charge on any atom is -0.493 e. The summed E-state index contributed by atoms with van der Waals surface area (Å²) in [6, 6.07) is 5.93. The molecule has 0 spiro atoms. The van der Waals surface area contributed by atoms with Gasteiger partial charge in [0.15, 0.2) is 0 Å². The molecule has 1 fully saturated rings. The van der Waals surface area contributed by atoms with Gasteiger partial charge in [-0.15, -0.1) is 0 Å². The normalized spacial score (nSPS) is 27.0. The van der Waals surface area contributed by atoms with Crippen molar-refractivity contribution in [3.63, 3.8) is 0 Å². The molecule has 1 aliphatic heterocycles. The molecular formula is C19H24O4. The van der Waals surface area contributed by atoms with E-state index in [9.17, 15) is 4.79 Å². The number of ether oxygens (including phenoxy) is 3. The highest BCUT2D eigenvalue weighted by atomic mass is 16.5. The molecule has 0 amide bonds. The lowest BCUT2D eigenvalue weighted by Gasteiger charge is -2.37. The number of fused-ring (bicyclic) bond motifs is 1. The molecule has 1 saturated carbocycles. The van der Waals surface area contributed by atoms with Crippen molar-refractivity contribution in [1.29, 1.82) is 0 Å². The summed E-state index contributed by atoms with van der Waals surface area (Å²) in [7, 11) is 0. The van der Waals surface area contributed by atoms with Gasteiger partial charge in [-0.2, -0.15) is 0 Å². The Kier molecular flexibility index (Phi) is 4.71. The molecule has 1 aromatic carbocycles. The van der Waals surface area contributed by atoms with Gasteiger partial charge in [-0.25, -0.2) is 0 Å².